The number of rotatable bonds is 3. The summed E-state index contributed by atoms with van der Waals surface area (Å²) < 4.78 is 19.8. The zero-order chi connectivity index (χ0) is 20.4. The van der Waals surface area contributed by atoms with Gasteiger partial charge in [-0.25, -0.2) is 14.4 Å². The summed E-state index contributed by atoms with van der Waals surface area (Å²) in [5.74, 6) is -4.35. The molecule has 0 fully saturated rings. The van der Waals surface area contributed by atoms with Gasteiger partial charge in [-0.2, -0.15) is 0 Å². The van der Waals surface area contributed by atoms with Crippen molar-refractivity contribution < 1.29 is 38.1 Å². The minimum absolute atomic E-state index is 0.0706. The second kappa shape index (κ2) is 7.31. The highest BCUT2D eigenvalue weighted by atomic mass is 16.7. The van der Waals surface area contributed by atoms with Gasteiger partial charge in [0, 0.05) is 10.8 Å². The number of ketones is 1. The fourth-order valence-electron chi connectivity index (χ4n) is 2.05. The Hall–Kier alpha value is -2.64. The Morgan fingerprint density at radius 1 is 0.885 bits per heavy atom. The third kappa shape index (κ3) is 4.30. The summed E-state index contributed by atoms with van der Waals surface area (Å²) >= 11 is 0. The number of hydrogen-bond donors (Lipinski definition) is 0. The van der Waals surface area contributed by atoms with Gasteiger partial charge in [0.15, 0.2) is 16.9 Å². The molecule has 0 spiro atoms. The molecule has 0 bridgehead atoms. The van der Waals surface area contributed by atoms with Crippen molar-refractivity contribution in [3.63, 3.8) is 0 Å². The van der Waals surface area contributed by atoms with Crippen molar-refractivity contribution in [1.82, 2.24) is 0 Å². The van der Waals surface area contributed by atoms with E-state index >= 15 is 0 Å². The van der Waals surface area contributed by atoms with Crippen molar-refractivity contribution in [2.75, 3.05) is 14.2 Å². The summed E-state index contributed by atoms with van der Waals surface area (Å²) in [7, 11) is 2.20. The maximum absolute atomic E-state index is 12.7. The molecule has 1 rings (SSSR count). The lowest BCUT2D eigenvalue weighted by Gasteiger charge is -2.30. The van der Waals surface area contributed by atoms with Gasteiger partial charge in [-0.15, -0.1) is 0 Å². The van der Waals surface area contributed by atoms with Crippen LogP contribution in [0.3, 0.4) is 0 Å². The molecule has 0 amide bonds. The van der Waals surface area contributed by atoms with Gasteiger partial charge >= 0.3 is 23.9 Å². The van der Waals surface area contributed by atoms with Crippen LogP contribution < -0.4 is 0 Å². The van der Waals surface area contributed by atoms with E-state index in [4.69, 9.17) is 9.47 Å². The van der Waals surface area contributed by atoms with Gasteiger partial charge < -0.3 is 18.9 Å². The van der Waals surface area contributed by atoms with Gasteiger partial charge in [-0.05, 0) is 0 Å². The third-order valence-electron chi connectivity index (χ3n) is 3.38. The molecule has 8 heteroatoms. The molecule has 26 heavy (non-hydrogen) atoms. The molecule has 0 saturated carbocycles. The number of ether oxygens (including phenoxy) is 4. The lowest BCUT2D eigenvalue weighted by atomic mass is 9.86. The van der Waals surface area contributed by atoms with Crippen LogP contribution >= 0.6 is 0 Å². The fraction of sp³-hybridized carbons (Fsp3) is 0.556. The Morgan fingerprint density at radius 2 is 1.42 bits per heavy atom. The second-order valence-corrected chi connectivity index (χ2v) is 7.67. The Balaban J connectivity index is 3.70. The van der Waals surface area contributed by atoms with Crippen LogP contribution in [0.2, 0.25) is 0 Å². The van der Waals surface area contributed by atoms with Crippen LogP contribution in [0.25, 0.3) is 0 Å². The molecule has 0 aromatic heterocycles. The van der Waals surface area contributed by atoms with E-state index < -0.39 is 51.6 Å². The number of Topliss-reactive ketones (excluding diaryl/α,β-unsaturated/α-hetero) is 1. The van der Waals surface area contributed by atoms with Crippen LogP contribution in [0, 0.1) is 10.8 Å². The lowest BCUT2D eigenvalue weighted by Crippen LogP contribution is -2.34. The van der Waals surface area contributed by atoms with E-state index in [1.54, 1.807) is 41.5 Å². The van der Waals surface area contributed by atoms with E-state index in [2.05, 4.69) is 9.47 Å². The van der Waals surface area contributed by atoms with Crippen LogP contribution in [0.5, 0.6) is 0 Å². The van der Waals surface area contributed by atoms with E-state index in [-0.39, 0.29) is 5.76 Å². The molecule has 0 aromatic carbocycles. The molecule has 1 aliphatic heterocycles. The standard InChI is InChI=1S/C18H24O8/c1-17(2,3)11(19)9(13(20)23-7)16-25-12(18(4,5)6)10(14(21)24-8)15(22)26-16/h1-8H3/b16-9-. The summed E-state index contributed by atoms with van der Waals surface area (Å²) in [5.41, 5.74) is -2.77. The smallest absolute Gasteiger partial charge is 0.356 e. The molecule has 0 N–H and O–H groups in total. The van der Waals surface area contributed by atoms with E-state index in [1.165, 1.54) is 0 Å². The van der Waals surface area contributed by atoms with Gasteiger partial charge in [0.25, 0.3) is 0 Å². The quantitative estimate of drug-likeness (QED) is 0.245. The number of allylic oxidation sites excluding steroid dienone is 1. The SMILES string of the molecule is COC(=O)C1=C(C(C)(C)C)O/C(=C(/C(=O)OC)C(=O)C(C)(C)C)OC1=O. The van der Waals surface area contributed by atoms with Gasteiger partial charge in [0.2, 0.25) is 0 Å². The van der Waals surface area contributed by atoms with Crippen LogP contribution in [0.1, 0.15) is 41.5 Å². The molecule has 1 heterocycles. The Labute approximate surface area is 152 Å². The summed E-state index contributed by atoms with van der Waals surface area (Å²) in [5, 5.41) is 0. The highest BCUT2D eigenvalue weighted by Gasteiger charge is 2.43. The molecule has 144 valence electrons. The Morgan fingerprint density at radius 3 is 1.81 bits per heavy atom. The van der Waals surface area contributed by atoms with Crippen LogP contribution in [-0.4, -0.2) is 37.9 Å². The first-order valence-corrected chi connectivity index (χ1v) is 7.86. The molecule has 0 saturated heterocycles. The molecular weight excluding hydrogens is 344 g/mol. The average molecular weight is 368 g/mol. The van der Waals surface area contributed by atoms with Crippen LogP contribution in [-0.2, 0) is 38.1 Å². The monoisotopic (exact) mass is 368 g/mol. The molecule has 0 radical (unpaired) electrons. The van der Waals surface area contributed by atoms with E-state index in [0.29, 0.717) is 0 Å². The third-order valence-corrected chi connectivity index (χ3v) is 3.38. The van der Waals surface area contributed by atoms with Gasteiger partial charge in [-0.3, -0.25) is 4.79 Å². The fourth-order valence-corrected chi connectivity index (χ4v) is 2.05. The van der Waals surface area contributed by atoms with Gasteiger partial charge in [0.05, 0.1) is 14.2 Å². The average Bonchev–Trinajstić information content (AvgIpc) is 2.51. The first-order valence-electron chi connectivity index (χ1n) is 7.86. The molecule has 1 aliphatic rings. The van der Waals surface area contributed by atoms with E-state index in [0.717, 1.165) is 14.2 Å². The number of cyclic esters (lactones) is 1. The number of hydrogen-bond acceptors (Lipinski definition) is 8. The maximum atomic E-state index is 12.7. The minimum Gasteiger partial charge on any atom is -0.465 e. The first-order chi connectivity index (χ1) is 11.8. The van der Waals surface area contributed by atoms with Crippen molar-refractivity contribution in [3.05, 3.63) is 22.9 Å². The molecule has 0 aliphatic carbocycles. The normalized spacial score (nSPS) is 17.2. The molecule has 0 unspecified atom stereocenters. The predicted molar refractivity (Wildman–Crippen MR) is 89.2 cm³/mol. The predicted octanol–water partition coefficient (Wildman–Crippen LogP) is 2.03. The van der Waals surface area contributed by atoms with E-state index in [1.807, 2.05) is 0 Å². The van der Waals surface area contributed by atoms with Crippen molar-refractivity contribution in [3.8, 4) is 0 Å². The summed E-state index contributed by atoms with van der Waals surface area (Å²) in [6, 6.07) is 0. The summed E-state index contributed by atoms with van der Waals surface area (Å²) in [4.78, 5) is 49.2. The van der Waals surface area contributed by atoms with Crippen LogP contribution in [0.15, 0.2) is 22.9 Å². The van der Waals surface area contributed by atoms with E-state index in [9.17, 15) is 19.2 Å². The van der Waals surface area contributed by atoms with Crippen LogP contribution in [0.4, 0.5) is 0 Å². The molecule has 0 atom stereocenters. The topological polar surface area (TPSA) is 105 Å². The Bertz CT molecular complexity index is 710. The highest BCUT2D eigenvalue weighted by molar-refractivity contribution is 6.20. The number of esters is 3. The highest BCUT2D eigenvalue weighted by Crippen LogP contribution is 2.37. The summed E-state index contributed by atoms with van der Waals surface area (Å²) in [6.07, 6.45) is 0. The zero-order valence-electron chi connectivity index (χ0n) is 16.3. The van der Waals surface area contributed by atoms with Crippen molar-refractivity contribution in [2.45, 2.75) is 41.5 Å². The van der Waals surface area contributed by atoms with Gasteiger partial charge in [-0.1, -0.05) is 41.5 Å². The number of carbonyl (C=O) groups excluding carboxylic acids is 4. The van der Waals surface area contributed by atoms with Crippen molar-refractivity contribution in [1.29, 1.82) is 0 Å². The number of carbonyl (C=O) groups is 4. The summed E-state index contributed by atoms with van der Waals surface area (Å²) in [6.45, 7) is 9.82. The molecule has 8 nitrogen and oxygen atoms in total. The molecular formula is C18H24O8. The van der Waals surface area contributed by atoms with Gasteiger partial charge in [0.1, 0.15) is 5.76 Å². The first kappa shape index (κ1) is 21.4. The lowest BCUT2D eigenvalue weighted by molar-refractivity contribution is -0.151. The van der Waals surface area contributed by atoms with Crippen molar-refractivity contribution >= 4 is 23.7 Å². The minimum atomic E-state index is -1.08. The largest absolute Gasteiger partial charge is 0.465 e. The van der Waals surface area contributed by atoms with Crippen molar-refractivity contribution in [2.24, 2.45) is 10.8 Å². The molecule has 0 aromatic rings. The zero-order valence-corrected chi connectivity index (χ0v) is 16.3. The maximum Gasteiger partial charge on any atom is 0.356 e. The number of methoxy groups -OCH3 is 2. The Kier molecular flexibility index (Phi) is 6.02. The second-order valence-electron chi connectivity index (χ2n) is 7.67.